The first-order chi connectivity index (χ1) is 10.0. The molecule has 0 bridgehead atoms. The number of hydrogen-bond donors (Lipinski definition) is 1. The Balaban J connectivity index is 2.00. The Morgan fingerprint density at radius 3 is 2.81 bits per heavy atom. The lowest BCUT2D eigenvalue weighted by Gasteiger charge is -2.21. The summed E-state index contributed by atoms with van der Waals surface area (Å²) >= 11 is 3.52. The molecule has 1 N–H and O–H groups in total. The van der Waals surface area contributed by atoms with E-state index in [9.17, 15) is 4.79 Å². The molecule has 2 aromatic rings. The van der Waals surface area contributed by atoms with Gasteiger partial charge in [0.25, 0.3) is 5.91 Å². The summed E-state index contributed by atoms with van der Waals surface area (Å²) in [6.45, 7) is 6.21. The first kappa shape index (κ1) is 14.3. The second-order valence-electron chi connectivity index (χ2n) is 5.81. The van der Waals surface area contributed by atoms with Crippen molar-refractivity contribution < 1.29 is 4.79 Å². The number of rotatable bonds is 2. The zero-order valence-corrected chi connectivity index (χ0v) is 13.9. The number of fused-ring (bicyclic) bond motifs is 1. The topological polar surface area (TPSA) is 49.0 Å². The molecule has 0 radical (unpaired) electrons. The minimum atomic E-state index is -0.0533. The van der Waals surface area contributed by atoms with Gasteiger partial charge in [-0.2, -0.15) is 5.10 Å². The molecule has 3 rings (SSSR count). The Morgan fingerprint density at radius 1 is 1.43 bits per heavy atom. The van der Waals surface area contributed by atoms with Crippen molar-refractivity contribution in [2.75, 3.05) is 4.90 Å². The number of halogens is 1. The fraction of sp³-hybridized carbons (Fsp3) is 0.375. The summed E-state index contributed by atoms with van der Waals surface area (Å²) in [6, 6.07) is 8.22. The lowest BCUT2D eigenvalue weighted by Crippen LogP contribution is -2.36. The number of nitrogens with one attached hydrogen (secondary N) is 1. The monoisotopic (exact) mass is 347 g/mol. The molecule has 0 fully saturated rings. The number of amides is 1. The van der Waals surface area contributed by atoms with Crippen LogP contribution in [0.4, 0.5) is 5.69 Å². The van der Waals surface area contributed by atoms with Crippen LogP contribution in [0.25, 0.3) is 0 Å². The van der Waals surface area contributed by atoms with E-state index < -0.39 is 0 Å². The predicted molar refractivity (Wildman–Crippen MR) is 86.8 cm³/mol. The number of anilines is 1. The van der Waals surface area contributed by atoms with Gasteiger partial charge >= 0.3 is 0 Å². The van der Waals surface area contributed by atoms with E-state index in [4.69, 9.17) is 0 Å². The van der Waals surface area contributed by atoms with E-state index in [1.807, 2.05) is 23.1 Å². The summed E-state index contributed by atoms with van der Waals surface area (Å²) in [5.74, 6) is 0.235. The Labute approximate surface area is 132 Å². The summed E-state index contributed by atoms with van der Waals surface area (Å²) in [6.07, 6.45) is 0.890. The molecular weight excluding hydrogens is 330 g/mol. The predicted octanol–water partition coefficient (Wildman–Crippen LogP) is 3.89. The third kappa shape index (κ3) is 2.29. The van der Waals surface area contributed by atoms with Crippen LogP contribution in [0.2, 0.25) is 0 Å². The molecule has 4 nitrogen and oxygen atoms in total. The minimum absolute atomic E-state index is 0.0533. The van der Waals surface area contributed by atoms with E-state index in [1.165, 1.54) is 5.56 Å². The fourth-order valence-corrected chi connectivity index (χ4v) is 3.66. The van der Waals surface area contributed by atoms with Crippen LogP contribution in [0.1, 0.15) is 48.4 Å². The average Bonchev–Trinajstić information content (AvgIpc) is 2.97. The second-order valence-corrected chi connectivity index (χ2v) is 6.60. The van der Waals surface area contributed by atoms with Crippen LogP contribution >= 0.6 is 15.9 Å². The Morgan fingerprint density at radius 2 is 2.14 bits per heavy atom. The molecule has 21 heavy (non-hydrogen) atoms. The third-order valence-corrected chi connectivity index (χ3v) is 4.74. The van der Waals surface area contributed by atoms with Crippen LogP contribution in [0, 0.1) is 0 Å². The summed E-state index contributed by atoms with van der Waals surface area (Å²) in [7, 11) is 0. The number of benzene rings is 1. The molecule has 5 heteroatoms. The maximum absolute atomic E-state index is 12.9. The van der Waals surface area contributed by atoms with Crippen molar-refractivity contribution in [3.05, 3.63) is 45.7 Å². The van der Waals surface area contributed by atoms with E-state index in [-0.39, 0.29) is 17.9 Å². The lowest BCUT2D eigenvalue weighted by molar-refractivity contribution is 0.0976. The number of para-hydroxylation sites is 1. The van der Waals surface area contributed by atoms with E-state index in [1.54, 1.807) is 0 Å². The number of hydrogen-bond acceptors (Lipinski definition) is 2. The SMILES string of the molecule is CC(C)c1[nH]nc(C(=O)N2c3ccccc3CC2C)c1Br. The van der Waals surface area contributed by atoms with Gasteiger partial charge in [-0.05, 0) is 46.8 Å². The molecule has 0 aliphatic carbocycles. The lowest BCUT2D eigenvalue weighted by atomic mass is 10.1. The number of carbonyl (C=O) groups is 1. The van der Waals surface area contributed by atoms with Crippen molar-refractivity contribution in [1.82, 2.24) is 10.2 Å². The molecule has 1 aliphatic heterocycles. The van der Waals surface area contributed by atoms with Crippen molar-refractivity contribution in [3.63, 3.8) is 0 Å². The summed E-state index contributed by atoms with van der Waals surface area (Å²) in [5.41, 5.74) is 3.63. The molecule has 1 aromatic carbocycles. The van der Waals surface area contributed by atoms with Crippen molar-refractivity contribution in [1.29, 1.82) is 0 Å². The van der Waals surface area contributed by atoms with Crippen molar-refractivity contribution >= 4 is 27.5 Å². The molecule has 1 aromatic heterocycles. The average molecular weight is 348 g/mol. The van der Waals surface area contributed by atoms with Crippen LogP contribution in [-0.2, 0) is 6.42 Å². The van der Waals surface area contributed by atoms with Gasteiger partial charge in [-0.15, -0.1) is 0 Å². The Hall–Kier alpha value is -1.62. The molecule has 2 heterocycles. The first-order valence-corrected chi connectivity index (χ1v) is 7.95. The van der Waals surface area contributed by atoms with Gasteiger partial charge in [-0.1, -0.05) is 32.0 Å². The maximum Gasteiger partial charge on any atom is 0.280 e. The molecule has 1 atom stereocenters. The largest absolute Gasteiger partial charge is 0.304 e. The number of carbonyl (C=O) groups excluding carboxylic acids is 1. The smallest absolute Gasteiger partial charge is 0.280 e. The molecule has 0 saturated heterocycles. The zero-order chi connectivity index (χ0) is 15.1. The fourth-order valence-electron chi connectivity index (χ4n) is 2.86. The molecule has 110 valence electrons. The second kappa shape index (κ2) is 5.30. The van der Waals surface area contributed by atoms with E-state index in [0.29, 0.717) is 5.69 Å². The summed E-state index contributed by atoms with van der Waals surface area (Å²) in [5, 5.41) is 7.20. The van der Waals surface area contributed by atoms with Crippen molar-refractivity contribution in [2.45, 2.75) is 39.2 Å². The number of aromatic nitrogens is 2. The van der Waals surface area contributed by atoms with Gasteiger partial charge in [-0.25, -0.2) is 0 Å². The first-order valence-electron chi connectivity index (χ1n) is 7.16. The van der Waals surface area contributed by atoms with Gasteiger partial charge in [-0.3, -0.25) is 9.89 Å². The highest BCUT2D eigenvalue weighted by molar-refractivity contribution is 9.10. The summed E-state index contributed by atoms with van der Waals surface area (Å²) in [4.78, 5) is 14.7. The molecule has 0 spiro atoms. The molecule has 0 saturated carbocycles. The van der Waals surface area contributed by atoms with Crippen molar-refractivity contribution in [3.8, 4) is 0 Å². The van der Waals surface area contributed by atoms with Crippen LogP contribution in [0.3, 0.4) is 0 Å². The maximum atomic E-state index is 12.9. The van der Waals surface area contributed by atoms with Crippen molar-refractivity contribution in [2.24, 2.45) is 0 Å². The molecule has 1 amide bonds. The standard InChI is InChI=1S/C16H18BrN3O/c1-9(2)14-13(17)15(19-18-14)16(21)20-10(3)8-11-6-4-5-7-12(11)20/h4-7,9-10H,8H2,1-3H3,(H,18,19). The van der Waals surface area contributed by atoms with Crippen LogP contribution < -0.4 is 4.90 Å². The van der Waals surface area contributed by atoms with Gasteiger partial charge in [0, 0.05) is 11.7 Å². The van der Waals surface area contributed by atoms with E-state index in [0.717, 1.165) is 22.3 Å². The van der Waals surface area contributed by atoms with Gasteiger partial charge < -0.3 is 4.90 Å². The highest BCUT2D eigenvalue weighted by Gasteiger charge is 2.33. The van der Waals surface area contributed by atoms with Gasteiger partial charge in [0.05, 0.1) is 10.2 Å². The zero-order valence-electron chi connectivity index (χ0n) is 12.4. The minimum Gasteiger partial charge on any atom is -0.304 e. The quantitative estimate of drug-likeness (QED) is 0.895. The highest BCUT2D eigenvalue weighted by Crippen LogP contribution is 2.34. The molecule has 1 aliphatic rings. The third-order valence-electron chi connectivity index (χ3n) is 3.94. The molecule has 1 unspecified atom stereocenters. The van der Waals surface area contributed by atoms with Gasteiger partial charge in [0.1, 0.15) is 0 Å². The van der Waals surface area contributed by atoms with E-state index in [2.05, 4.69) is 53.0 Å². The normalized spacial score (nSPS) is 17.4. The van der Waals surface area contributed by atoms with E-state index >= 15 is 0 Å². The van der Waals surface area contributed by atoms with Crippen LogP contribution in [0.15, 0.2) is 28.7 Å². The number of H-pyrrole nitrogens is 1. The number of nitrogens with zero attached hydrogens (tertiary/aromatic N) is 2. The highest BCUT2D eigenvalue weighted by atomic mass is 79.9. The van der Waals surface area contributed by atoms with Crippen LogP contribution in [0.5, 0.6) is 0 Å². The number of aromatic amines is 1. The summed E-state index contributed by atoms with van der Waals surface area (Å²) < 4.78 is 0.777. The van der Waals surface area contributed by atoms with Crippen LogP contribution in [-0.4, -0.2) is 22.1 Å². The van der Waals surface area contributed by atoms with Gasteiger partial charge in [0.2, 0.25) is 0 Å². The Kier molecular flexibility index (Phi) is 3.61. The molecular formula is C16H18BrN3O. The Bertz CT molecular complexity index is 693. The van der Waals surface area contributed by atoms with Gasteiger partial charge in [0.15, 0.2) is 5.69 Å².